The van der Waals surface area contributed by atoms with Gasteiger partial charge in [0.25, 0.3) is 0 Å². The quantitative estimate of drug-likeness (QED) is 0.884. The summed E-state index contributed by atoms with van der Waals surface area (Å²) in [5.41, 5.74) is 0.916. The molecule has 1 fully saturated rings. The lowest BCUT2D eigenvalue weighted by Gasteiger charge is -2.22. The van der Waals surface area contributed by atoms with Crippen LogP contribution in [0.4, 0.5) is 5.95 Å². The van der Waals surface area contributed by atoms with Crippen LogP contribution in [0.25, 0.3) is 5.69 Å². The number of para-hydroxylation sites is 1. The van der Waals surface area contributed by atoms with E-state index in [4.69, 9.17) is 9.47 Å². The summed E-state index contributed by atoms with van der Waals surface area (Å²) >= 11 is 0. The van der Waals surface area contributed by atoms with Crippen LogP contribution in [0, 0.1) is 0 Å². The van der Waals surface area contributed by atoms with Gasteiger partial charge in [0.15, 0.2) is 5.79 Å². The lowest BCUT2D eigenvalue weighted by Crippen LogP contribution is -2.28. The molecule has 1 N–H and O–H groups in total. The van der Waals surface area contributed by atoms with Gasteiger partial charge in [0.05, 0.1) is 18.9 Å². The van der Waals surface area contributed by atoms with Gasteiger partial charge in [-0.15, -0.1) is 0 Å². The van der Waals surface area contributed by atoms with Crippen LogP contribution < -0.4 is 5.32 Å². The van der Waals surface area contributed by atoms with Crippen LogP contribution in [0.15, 0.2) is 30.3 Å². The maximum Gasteiger partial charge on any atom is 0.247 e. The summed E-state index contributed by atoms with van der Waals surface area (Å²) in [4.78, 5) is 0. The molecule has 1 aliphatic heterocycles. The standard InChI is InChI=1S/C13H17N5O2/c1-13(19-9-10-20-13)7-8-14-12-15-16-17-18(12)11-5-3-2-4-6-11/h2-6H,7-10H2,1H3,(H,14,15,17). The van der Waals surface area contributed by atoms with Crippen molar-refractivity contribution in [3.05, 3.63) is 30.3 Å². The van der Waals surface area contributed by atoms with Crippen LogP contribution in [0.5, 0.6) is 0 Å². The normalized spacial score (nSPS) is 17.2. The number of anilines is 1. The second-order valence-electron chi connectivity index (χ2n) is 4.76. The average Bonchev–Trinajstić information content (AvgIpc) is 3.10. The molecule has 7 nitrogen and oxygen atoms in total. The van der Waals surface area contributed by atoms with E-state index in [2.05, 4.69) is 20.8 Å². The van der Waals surface area contributed by atoms with Crippen LogP contribution in [0.2, 0.25) is 0 Å². The van der Waals surface area contributed by atoms with Gasteiger partial charge in [0.2, 0.25) is 5.95 Å². The van der Waals surface area contributed by atoms with E-state index in [1.165, 1.54) is 0 Å². The molecular weight excluding hydrogens is 258 g/mol. The fourth-order valence-electron chi connectivity index (χ4n) is 2.14. The molecule has 3 rings (SSSR count). The highest BCUT2D eigenvalue weighted by Gasteiger charge is 2.30. The third kappa shape index (κ3) is 2.78. The first-order valence-corrected chi connectivity index (χ1v) is 6.62. The first kappa shape index (κ1) is 13.0. The Labute approximate surface area is 116 Å². The number of nitrogens with zero attached hydrogens (tertiary/aromatic N) is 4. The minimum absolute atomic E-state index is 0.502. The molecule has 7 heteroatoms. The summed E-state index contributed by atoms with van der Waals surface area (Å²) in [5.74, 6) is 0.107. The van der Waals surface area contributed by atoms with E-state index in [0.29, 0.717) is 25.7 Å². The van der Waals surface area contributed by atoms with Gasteiger partial charge in [-0.1, -0.05) is 23.3 Å². The largest absolute Gasteiger partial charge is 0.353 e. The Hall–Kier alpha value is -1.99. The molecule has 106 valence electrons. The zero-order valence-electron chi connectivity index (χ0n) is 11.3. The van der Waals surface area contributed by atoms with Crippen molar-refractivity contribution in [2.24, 2.45) is 0 Å². The summed E-state index contributed by atoms with van der Waals surface area (Å²) in [6, 6.07) is 9.75. The molecule has 0 saturated carbocycles. The minimum atomic E-state index is -0.502. The van der Waals surface area contributed by atoms with Crippen molar-refractivity contribution in [3.8, 4) is 5.69 Å². The zero-order chi connectivity index (χ0) is 13.8. The van der Waals surface area contributed by atoms with Gasteiger partial charge in [0, 0.05) is 13.0 Å². The third-order valence-electron chi connectivity index (χ3n) is 3.23. The summed E-state index contributed by atoms with van der Waals surface area (Å²) in [5, 5.41) is 14.9. The number of rotatable bonds is 5. The SMILES string of the molecule is CC1(CCNc2nnnn2-c2ccccc2)OCCO1. The lowest BCUT2D eigenvalue weighted by atomic mass is 10.2. The molecule has 0 unspecified atom stereocenters. The van der Waals surface area contributed by atoms with Gasteiger partial charge < -0.3 is 14.8 Å². The van der Waals surface area contributed by atoms with Crippen molar-refractivity contribution in [1.82, 2.24) is 20.2 Å². The van der Waals surface area contributed by atoms with Crippen LogP contribution in [-0.4, -0.2) is 45.8 Å². The van der Waals surface area contributed by atoms with E-state index in [9.17, 15) is 0 Å². The Bertz CT molecular complexity index is 551. The smallest absolute Gasteiger partial charge is 0.247 e. The van der Waals surface area contributed by atoms with E-state index in [0.717, 1.165) is 12.1 Å². The van der Waals surface area contributed by atoms with Crippen molar-refractivity contribution in [1.29, 1.82) is 0 Å². The fourth-order valence-corrected chi connectivity index (χ4v) is 2.14. The van der Waals surface area contributed by atoms with Crippen molar-refractivity contribution >= 4 is 5.95 Å². The van der Waals surface area contributed by atoms with Crippen LogP contribution in [0.3, 0.4) is 0 Å². The number of hydrogen-bond donors (Lipinski definition) is 1. The molecule has 0 atom stereocenters. The summed E-state index contributed by atoms with van der Waals surface area (Å²) in [7, 11) is 0. The second kappa shape index (κ2) is 5.56. The summed E-state index contributed by atoms with van der Waals surface area (Å²) in [6.07, 6.45) is 0.731. The van der Waals surface area contributed by atoms with Crippen LogP contribution in [-0.2, 0) is 9.47 Å². The maximum atomic E-state index is 5.55. The second-order valence-corrected chi connectivity index (χ2v) is 4.76. The molecule has 0 aliphatic carbocycles. The highest BCUT2D eigenvalue weighted by Crippen LogP contribution is 2.22. The van der Waals surface area contributed by atoms with Gasteiger partial charge in [-0.25, -0.2) is 0 Å². The van der Waals surface area contributed by atoms with E-state index in [1.54, 1.807) is 4.68 Å². The maximum absolute atomic E-state index is 5.55. The van der Waals surface area contributed by atoms with Gasteiger partial charge >= 0.3 is 0 Å². The fraction of sp³-hybridized carbons (Fsp3) is 0.462. The molecule has 1 saturated heterocycles. The molecule has 0 bridgehead atoms. The summed E-state index contributed by atoms with van der Waals surface area (Å²) < 4.78 is 12.8. The monoisotopic (exact) mass is 275 g/mol. The molecule has 2 aromatic rings. The van der Waals surface area contributed by atoms with E-state index in [-0.39, 0.29) is 0 Å². The van der Waals surface area contributed by atoms with Crippen molar-refractivity contribution in [2.45, 2.75) is 19.1 Å². The molecule has 1 aromatic heterocycles. The number of hydrogen-bond acceptors (Lipinski definition) is 6. The molecular formula is C13H17N5O2. The first-order chi connectivity index (χ1) is 9.77. The van der Waals surface area contributed by atoms with E-state index in [1.807, 2.05) is 37.3 Å². The Morgan fingerprint density at radius 3 is 2.75 bits per heavy atom. The molecule has 20 heavy (non-hydrogen) atoms. The summed E-state index contributed by atoms with van der Waals surface area (Å²) in [6.45, 7) is 3.92. The van der Waals surface area contributed by atoms with Gasteiger partial charge in [0.1, 0.15) is 0 Å². The molecule has 2 heterocycles. The molecule has 1 aromatic carbocycles. The number of benzene rings is 1. The minimum Gasteiger partial charge on any atom is -0.353 e. The third-order valence-corrected chi connectivity index (χ3v) is 3.23. The van der Waals surface area contributed by atoms with E-state index >= 15 is 0 Å². The van der Waals surface area contributed by atoms with Gasteiger partial charge in [-0.2, -0.15) is 4.68 Å². The lowest BCUT2D eigenvalue weighted by molar-refractivity contribution is -0.144. The first-order valence-electron chi connectivity index (χ1n) is 6.62. The zero-order valence-corrected chi connectivity index (χ0v) is 11.3. The Morgan fingerprint density at radius 1 is 1.25 bits per heavy atom. The molecule has 0 radical (unpaired) electrons. The predicted molar refractivity (Wildman–Crippen MR) is 72.6 cm³/mol. The number of aromatic nitrogens is 4. The topological polar surface area (TPSA) is 74.1 Å². The van der Waals surface area contributed by atoms with Crippen molar-refractivity contribution < 1.29 is 9.47 Å². The van der Waals surface area contributed by atoms with Gasteiger partial charge in [-0.3, -0.25) is 0 Å². The Kier molecular flexibility index (Phi) is 3.62. The molecule has 1 aliphatic rings. The van der Waals surface area contributed by atoms with Gasteiger partial charge in [-0.05, 0) is 29.5 Å². The van der Waals surface area contributed by atoms with E-state index < -0.39 is 5.79 Å². The average molecular weight is 275 g/mol. The Morgan fingerprint density at radius 2 is 2.00 bits per heavy atom. The highest BCUT2D eigenvalue weighted by molar-refractivity contribution is 5.38. The van der Waals surface area contributed by atoms with Crippen molar-refractivity contribution in [2.75, 3.05) is 25.1 Å². The number of ether oxygens (including phenoxy) is 2. The Balaban J connectivity index is 1.63. The number of nitrogens with one attached hydrogen (secondary N) is 1. The highest BCUT2D eigenvalue weighted by atomic mass is 16.7. The van der Waals surface area contributed by atoms with Crippen LogP contribution in [0.1, 0.15) is 13.3 Å². The van der Waals surface area contributed by atoms with Crippen LogP contribution >= 0.6 is 0 Å². The predicted octanol–water partition coefficient (Wildman–Crippen LogP) is 1.23. The van der Waals surface area contributed by atoms with Crippen molar-refractivity contribution in [3.63, 3.8) is 0 Å². The number of tetrazole rings is 1. The molecule has 0 spiro atoms. The molecule has 0 amide bonds.